The number of aliphatic hydroxyl groups excluding tert-OH is 1. The van der Waals surface area contributed by atoms with Crippen LogP contribution < -0.4 is 14.8 Å². The van der Waals surface area contributed by atoms with Crippen LogP contribution in [0.4, 0.5) is 0 Å². The number of aromatic nitrogens is 2. The molecule has 0 saturated carbocycles. The van der Waals surface area contributed by atoms with Gasteiger partial charge < -0.3 is 19.9 Å². The largest absolute Gasteiger partial charge is 0.497 e. The fraction of sp³-hybridized carbons (Fsp3) is 0.429. The van der Waals surface area contributed by atoms with E-state index in [1.165, 1.54) is 11.8 Å². The summed E-state index contributed by atoms with van der Waals surface area (Å²) in [6.07, 6.45) is 1.87. The van der Waals surface area contributed by atoms with E-state index in [1.54, 1.807) is 7.11 Å². The lowest BCUT2D eigenvalue weighted by Gasteiger charge is -2.12. The number of benzene rings is 1. The van der Waals surface area contributed by atoms with Gasteiger partial charge >= 0.3 is 0 Å². The molecule has 1 heterocycles. The van der Waals surface area contributed by atoms with E-state index in [4.69, 9.17) is 9.47 Å². The van der Waals surface area contributed by atoms with Crippen LogP contribution in [-0.2, 0) is 6.42 Å². The molecule has 0 saturated heterocycles. The highest BCUT2D eigenvalue weighted by Gasteiger charge is 2.06. The first-order valence-electron chi connectivity index (χ1n) is 6.70. The second-order valence-corrected chi connectivity index (χ2v) is 5.07. The average molecular weight is 309 g/mol. The average Bonchev–Trinajstić information content (AvgIpc) is 3.03. The molecule has 2 N–H and O–H groups in total. The Morgan fingerprint density at radius 3 is 2.81 bits per heavy atom. The summed E-state index contributed by atoms with van der Waals surface area (Å²) >= 11 is 1.08. The molecule has 1 atom stereocenters. The van der Waals surface area contributed by atoms with Crippen molar-refractivity contribution >= 4 is 11.7 Å². The Kier molecular flexibility index (Phi) is 6.39. The standard InChI is InChI=1S/C14H19N3O3S/c1-19-13-4-2-11(3-5-13)6-7-15-8-12(18)10-20-14-9-16-21-17-14/h2-5,9,12,15,18H,6-8,10H2,1H3. The van der Waals surface area contributed by atoms with Crippen LogP contribution in [0.3, 0.4) is 0 Å². The first-order valence-corrected chi connectivity index (χ1v) is 7.43. The molecular formula is C14H19N3O3S. The summed E-state index contributed by atoms with van der Waals surface area (Å²) in [4.78, 5) is 0. The summed E-state index contributed by atoms with van der Waals surface area (Å²) in [5.41, 5.74) is 1.22. The highest BCUT2D eigenvalue weighted by atomic mass is 32.1. The lowest BCUT2D eigenvalue weighted by Crippen LogP contribution is -2.32. The second-order valence-electron chi connectivity index (χ2n) is 4.51. The van der Waals surface area contributed by atoms with Gasteiger partial charge in [0.05, 0.1) is 18.8 Å². The third-order valence-corrected chi connectivity index (χ3v) is 3.36. The monoisotopic (exact) mass is 309 g/mol. The summed E-state index contributed by atoms with van der Waals surface area (Å²) in [5, 5.41) is 13.0. The van der Waals surface area contributed by atoms with Crippen LogP contribution >= 0.6 is 11.7 Å². The van der Waals surface area contributed by atoms with E-state index < -0.39 is 6.10 Å². The second kappa shape index (κ2) is 8.56. The first kappa shape index (κ1) is 15.7. The van der Waals surface area contributed by atoms with E-state index in [0.717, 1.165) is 30.4 Å². The van der Waals surface area contributed by atoms with Crippen LogP contribution in [0.5, 0.6) is 11.6 Å². The van der Waals surface area contributed by atoms with Gasteiger partial charge in [0, 0.05) is 6.54 Å². The highest BCUT2D eigenvalue weighted by molar-refractivity contribution is 6.99. The van der Waals surface area contributed by atoms with E-state index in [-0.39, 0.29) is 6.61 Å². The molecule has 6 nitrogen and oxygen atoms in total. The van der Waals surface area contributed by atoms with Crippen LogP contribution in [-0.4, -0.2) is 46.8 Å². The highest BCUT2D eigenvalue weighted by Crippen LogP contribution is 2.11. The maximum atomic E-state index is 9.76. The lowest BCUT2D eigenvalue weighted by molar-refractivity contribution is 0.104. The summed E-state index contributed by atoms with van der Waals surface area (Å²) in [5.74, 6) is 1.31. The molecule has 2 rings (SSSR count). The lowest BCUT2D eigenvalue weighted by atomic mass is 10.1. The molecule has 2 aromatic rings. The number of nitrogens with zero attached hydrogens (tertiary/aromatic N) is 2. The third kappa shape index (κ3) is 5.66. The Bertz CT molecular complexity index is 505. The molecule has 0 fully saturated rings. The Morgan fingerprint density at radius 2 is 2.14 bits per heavy atom. The van der Waals surface area contributed by atoms with Crippen molar-refractivity contribution in [2.45, 2.75) is 12.5 Å². The molecule has 0 radical (unpaired) electrons. The molecule has 0 aliphatic heterocycles. The quantitative estimate of drug-likeness (QED) is 0.676. The smallest absolute Gasteiger partial charge is 0.245 e. The molecule has 1 unspecified atom stereocenters. The van der Waals surface area contributed by atoms with Gasteiger partial charge in [-0.1, -0.05) is 12.1 Å². The predicted octanol–water partition coefficient (Wildman–Crippen LogP) is 1.12. The fourth-order valence-electron chi connectivity index (χ4n) is 1.75. The minimum Gasteiger partial charge on any atom is -0.497 e. The van der Waals surface area contributed by atoms with Crippen LogP contribution in [0, 0.1) is 0 Å². The number of hydrogen-bond donors (Lipinski definition) is 2. The molecule has 1 aromatic heterocycles. The molecule has 0 aliphatic carbocycles. The number of nitrogens with one attached hydrogen (secondary N) is 1. The van der Waals surface area contributed by atoms with Gasteiger partial charge in [-0.25, -0.2) is 0 Å². The van der Waals surface area contributed by atoms with Crippen LogP contribution in [0.25, 0.3) is 0 Å². The molecule has 0 spiro atoms. The Hall–Kier alpha value is -1.70. The van der Waals surface area contributed by atoms with Gasteiger partial charge in [-0.15, -0.1) is 4.37 Å². The third-order valence-electron chi connectivity index (χ3n) is 2.89. The van der Waals surface area contributed by atoms with E-state index in [2.05, 4.69) is 14.1 Å². The van der Waals surface area contributed by atoms with E-state index in [0.29, 0.717) is 12.4 Å². The molecule has 21 heavy (non-hydrogen) atoms. The van der Waals surface area contributed by atoms with Crippen molar-refractivity contribution in [1.82, 2.24) is 14.1 Å². The van der Waals surface area contributed by atoms with Crippen LogP contribution in [0.2, 0.25) is 0 Å². The molecular weight excluding hydrogens is 290 g/mol. The van der Waals surface area contributed by atoms with E-state index in [1.807, 2.05) is 24.3 Å². The normalized spacial score (nSPS) is 12.1. The van der Waals surface area contributed by atoms with Crippen molar-refractivity contribution in [3.8, 4) is 11.6 Å². The molecule has 0 bridgehead atoms. The zero-order valence-corrected chi connectivity index (χ0v) is 12.7. The number of methoxy groups -OCH3 is 1. The number of ether oxygens (including phenoxy) is 2. The van der Waals surface area contributed by atoms with Crippen molar-refractivity contribution in [2.75, 3.05) is 26.8 Å². The van der Waals surface area contributed by atoms with E-state index >= 15 is 0 Å². The van der Waals surface area contributed by atoms with Crippen molar-refractivity contribution in [3.63, 3.8) is 0 Å². The fourth-order valence-corrected chi connectivity index (χ4v) is 2.12. The van der Waals surface area contributed by atoms with Crippen molar-refractivity contribution < 1.29 is 14.6 Å². The van der Waals surface area contributed by atoms with Gasteiger partial charge in [-0.3, -0.25) is 0 Å². The summed E-state index contributed by atoms with van der Waals surface area (Å²) in [7, 11) is 1.65. The van der Waals surface area contributed by atoms with Crippen LogP contribution in [0.1, 0.15) is 5.56 Å². The van der Waals surface area contributed by atoms with Crippen molar-refractivity contribution in [1.29, 1.82) is 0 Å². The molecule has 0 aliphatic rings. The maximum absolute atomic E-state index is 9.76. The van der Waals surface area contributed by atoms with Gasteiger partial charge in [-0.2, -0.15) is 4.37 Å². The molecule has 0 amide bonds. The minimum atomic E-state index is -0.567. The number of hydrogen-bond acceptors (Lipinski definition) is 7. The maximum Gasteiger partial charge on any atom is 0.245 e. The molecule has 7 heteroatoms. The van der Waals surface area contributed by atoms with Crippen LogP contribution in [0.15, 0.2) is 30.5 Å². The Balaban J connectivity index is 1.58. The van der Waals surface area contributed by atoms with Gasteiger partial charge in [0.1, 0.15) is 24.7 Å². The SMILES string of the molecule is COc1ccc(CCNCC(O)COc2cnsn2)cc1. The van der Waals surface area contributed by atoms with Gasteiger partial charge in [0.25, 0.3) is 0 Å². The molecule has 1 aromatic carbocycles. The van der Waals surface area contributed by atoms with Gasteiger partial charge in [0.2, 0.25) is 5.88 Å². The minimum absolute atomic E-state index is 0.209. The topological polar surface area (TPSA) is 76.5 Å². The van der Waals surface area contributed by atoms with E-state index in [9.17, 15) is 5.11 Å². The number of aliphatic hydroxyl groups is 1. The van der Waals surface area contributed by atoms with Crippen molar-refractivity contribution in [3.05, 3.63) is 36.0 Å². The van der Waals surface area contributed by atoms with Gasteiger partial charge in [-0.05, 0) is 30.7 Å². The van der Waals surface area contributed by atoms with Crippen molar-refractivity contribution in [2.24, 2.45) is 0 Å². The first-order chi connectivity index (χ1) is 10.3. The van der Waals surface area contributed by atoms with Gasteiger partial charge in [0.15, 0.2) is 0 Å². The molecule has 114 valence electrons. The summed E-state index contributed by atoms with van der Waals surface area (Å²) < 4.78 is 18.1. The summed E-state index contributed by atoms with van der Waals surface area (Å²) in [6, 6.07) is 7.96. The Morgan fingerprint density at radius 1 is 1.33 bits per heavy atom. The number of rotatable bonds is 9. The Labute approximate surface area is 128 Å². The summed E-state index contributed by atoms with van der Waals surface area (Å²) in [6.45, 7) is 1.48. The zero-order chi connectivity index (χ0) is 14.9. The zero-order valence-electron chi connectivity index (χ0n) is 11.9. The predicted molar refractivity (Wildman–Crippen MR) is 81.0 cm³/mol.